The topological polar surface area (TPSA) is 18.5 Å². The highest BCUT2D eigenvalue weighted by Crippen LogP contribution is 2.42. The molecule has 1 heterocycles. The second-order valence-corrected chi connectivity index (χ2v) is 8.43. The van der Waals surface area contributed by atoms with Crippen molar-refractivity contribution in [2.75, 3.05) is 0 Å². The van der Waals surface area contributed by atoms with Crippen LogP contribution in [0, 0.1) is 10.8 Å². The monoisotopic (exact) mass is 318 g/mol. The maximum atomic E-state index is 6.38. The first kappa shape index (κ1) is 18.5. The zero-order chi connectivity index (χ0) is 17.1. The zero-order valence-electron chi connectivity index (χ0n) is 15.8. The van der Waals surface area contributed by atoms with Crippen LogP contribution in [0.3, 0.4) is 0 Å². The summed E-state index contributed by atoms with van der Waals surface area (Å²) in [5.74, 6) is 0. The van der Waals surface area contributed by atoms with Crippen LogP contribution in [0.15, 0.2) is 30.3 Å². The summed E-state index contributed by atoms with van der Waals surface area (Å²) in [6.07, 6.45) is 4.64. The van der Waals surface area contributed by atoms with Gasteiger partial charge >= 0.3 is 0 Å². The molecule has 0 spiro atoms. The molecule has 23 heavy (non-hydrogen) atoms. The lowest BCUT2D eigenvalue weighted by atomic mass is 9.77. The zero-order valence-corrected chi connectivity index (χ0v) is 15.8. The van der Waals surface area contributed by atoms with Gasteiger partial charge in [0.15, 0.2) is 6.29 Å². The van der Waals surface area contributed by atoms with Crippen LogP contribution in [0.5, 0.6) is 0 Å². The fraction of sp³-hybridized carbons (Fsp3) is 0.714. The highest BCUT2D eigenvalue weighted by atomic mass is 16.7. The average molecular weight is 319 g/mol. The molecule has 0 N–H and O–H groups in total. The van der Waals surface area contributed by atoms with E-state index in [-0.39, 0.29) is 23.9 Å². The van der Waals surface area contributed by atoms with E-state index >= 15 is 0 Å². The molecule has 1 aliphatic rings. The third kappa shape index (κ3) is 4.81. The van der Waals surface area contributed by atoms with Gasteiger partial charge in [0.25, 0.3) is 0 Å². The molecule has 0 amide bonds. The average Bonchev–Trinajstić information content (AvgIpc) is 2.55. The van der Waals surface area contributed by atoms with E-state index in [4.69, 9.17) is 9.47 Å². The van der Waals surface area contributed by atoms with Crippen molar-refractivity contribution in [2.45, 2.75) is 85.7 Å². The van der Waals surface area contributed by atoms with Crippen LogP contribution in [0.25, 0.3) is 0 Å². The lowest BCUT2D eigenvalue weighted by Crippen LogP contribution is -2.43. The molecule has 1 fully saturated rings. The van der Waals surface area contributed by atoms with Crippen LogP contribution < -0.4 is 0 Å². The van der Waals surface area contributed by atoms with E-state index in [2.05, 4.69) is 65.8 Å². The van der Waals surface area contributed by atoms with Gasteiger partial charge < -0.3 is 9.47 Å². The summed E-state index contributed by atoms with van der Waals surface area (Å²) in [5, 5.41) is 0. The van der Waals surface area contributed by atoms with Crippen molar-refractivity contribution in [1.82, 2.24) is 0 Å². The van der Waals surface area contributed by atoms with Crippen LogP contribution in [-0.2, 0) is 9.47 Å². The van der Waals surface area contributed by atoms with Crippen LogP contribution in [0.4, 0.5) is 0 Å². The molecule has 1 aliphatic heterocycles. The minimum atomic E-state index is -0.238. The van der Waals surface area contributed by atoms with E-state index in [1.54, 1.807) is 0 Å². The second kappa shape index (κ2) is 7.36. The van der Waals surface area contributed by atoms with E-state index in [1.807, 2.05) is 6.07 Å². The second-order valence-electron chi connectivity index (χ2n) is 8.43. The fourth-order valence-electron chi connectivity index (χ4n) is 3.10. The molecule has 1 aromatic carbocycles. The number of ether oxygens (including phenoxy) is 2. The van der Waals surface area contributed by atoms with Crippen molar-refractivity contribution in [2.24, 2.45) is 10.8 Å². The highest BCUT2D eigenvalue weighted by Gasteiger charge is 2.40. The predicted molar refractivity (Wildman–Crippen MR) is 96.3 cm³/mol. The van der Waals surface area contributed by atoms with Gasteiger partial charge in [0.05, 0.1) is 12.2 Å². The van der Waals surface area contributed by atoms with Crippen molar-refractivity contribution in [1.29, 1.82) is 0 Å². The van der Waals surface area contributed by atoms with Gasteiger partial charge in [-0.2, -0.15) is 0 Å². The molecule has 0 saturated carbocycles. The van der Waals surface area contributed by atoms with E-state index in [0.717, 1.165) is 24.8 Å². The molecule has 0 aromatic heterocycles. The molecule has 2 heteroatoms. The molecular weight excluding hydrogens is 284 g/mol. The first-order valence-corrected chi connectivity index (χ1v) is 9.13. The quantitative estimate of drug-likeness (QED) is 0.629. The Morgan fingerprint density at radius 3 is 2.17 bits per heavy atom. The Bertz CT molecular complexity index is 478. The van der Waals surface area contributed by atoms with Gasteiger partial charge in [0, 0.05) is 12.0 Å². The van der Waals surface area contributed by atoms with Gasteiger partial charge in [0.1, 0.15) is 0 Å². The van der Waals surface area contributed by atoms with Gasteiger partial charge in [-0.1, -0.05) is 78.3 Å². The predicted octanol–water partition coefficient (Wildman–Crippen LogP) is 6.12. The Kier molecular flexibility index (Phi) is 5.91. The first-order valence-electron chi connectivity index (χ1n) is 9.13. The Labute approximate surface area is 142 Å². The smallest absolute Gasteiger partial charge is 0.184 e. The third-order valence-corrected chi connectivity index (χ3v) is 5.67. The SMILES string of the molecule is CCC(C)(C)CC1CC(C(C)(C)CC)OC(c2ccccc2)O1. The van der Waals surface area contributed by atoms with E-state index in [9.17, 15) is 0 Å². The van der Waals surface area contributed by atoms with Crippen LogP contribution in [0.2, 0.25) is 0 Å². The summed E-state index contributed by atoms with van der Waals surface area (Å²) in [6, 6.07) is 10.4. The van der Waals surface area contributed by atoms with Gasteiger partial charge in [-0.3, -0.25) is 0 Å². The maximum absolute atomic E-state index is 6.38. The Balaban J connectivity index is 2.20. The molecule has 2 rings (SSSR count). The summed E-state index contributed by atoms with van der Waals surface area (Å²) in [5.41, 5.74) is 1.61. The molecule has 1 saturated heterocycles. The molecule has 2 nitrogen and oxygen atoms in total. The summed E-state index contributed by atoms with van der Waals surface area (Å²) in [7, 11) is 0. The van der Waals surface area contributed by atoms with Crippen LogP contribution in [-0.4, -0.2) is 12.2 Å². The lowest BCUT2D eigenvalue weighted by molar-refractivity contribution is -0.273. The van der Waals surface area contributed by atoms with Crippen molar-refractivity contribution in [3.8, 4) is 0 Å². The summed E-state index contributed by atoms with van der Waals surface area (Å²) in [4.78, 5) is 0. The normalized spacial score (nSPS) is 26.3. The third-order valence-electron chi connectivity index (χ3n) is 5.67. The molecular formula is C21H34O2. The number of hydrogen-bond acceptors (Lipinski definition) is 2. The van der Waals surface area contributed by atoms with Gasteiger partial charge in [-0.05, 0) is 23.7 Å². The molecule has 0 bridgehead atoms. The largest absolute Gasteiger partial charge is 0.345 e. The lowest BCUT2D eigenvalue weighted by Gasteiger charge is -2.44. The Morgan fingerprint density at radius 1 is 0.957 bits per heavy atom. The summed E-state index contributed by atoms with van der Waals surface area (Å²) in [6.45, 7) is 13.8. The van der Waals surface area contributed by atoms with Crippen molar-refractivity contribution < 1.29 is 9.47 Å². The molecule has 1 aromatic rings. The minimum absolute atomic E-state index is 0.172. The van der Waals surface area contributed by atoms with E-state index < -0.39 is 0 Å². The summed E-state index contributed by atoms with van der Waals surface area (Å²) < 4.78 is 12.7. The molecule has 3 atom stereocenters. The van der Waals surface area contributed by atoms with Gasteiger partial charge in [-0.15, -0.1) is 0 Å². The fourth-order valence-corrected chi connectivity index (χ4v) is 3.10. The number of hydrogen-bond donors (Lipinski definition) is 0. The Morgan fingerprint density at radius 2 is 1.61 bits per heavy atom. The molecule has 3 unspecified atom stereocenters. The number of benzene rings is 1. The van der Waals surface area contributed by atoms with E-state index in [0.29, 0.717) is 5.41 Å². The molecule has 130 valence electrons. The Hall–Kier alpha value is -0.860. The number of rotatable bonds is 6. The van der Waals surface area contributed by atoms with E-state index in [1.165, 1.54) is 6.42 Å². The van der Waals surface area contributed by atoms with Crippen molar-refractivity contribution in [3.05, 3.63) is 35.9 Å². The van der Waals surface area contributed by atoms with Crippen LogP contribution in [0.1, 0.15) is 79.1 Å². The van der Waals surface area contributed by atoms with Crippen molar-refractivity contribution >= 4 is 0 Å². The van der Waals surface area contributed by atoms with Gasteiger partial charge in [-0.25, -0.2) is 0 Å². The minimum Gasteiger partial charge on any atom is -0.345 e. The van der Waals surface area contributed by atoms with Gasteiger partial charge in [0.2, 0.25) is 0 Å². The van der Waals surface area contributed by atoms with Crippen LogP contribution >= 0.6 is 0 Å². The molecule has 0 aliphatic carbocycles. The highest BCUT2D eigenvalue weighted by molar-refractivity contribution is 5.16. The maximum Gasteiger partial charge on any atom is 0.184 e. The first-order chi connectivity index (χ1) is 10.8. The molecule has 0 radical (unpaired) electrons. The summed E-state index contributed by atoms with van der Waals surface area (Å²) >= 11 is 0. The standard InChI is InChI=1S/C21H34O2/c1-7-20(3,4)15-17-14-18(21(5,6)8-2)23-19(22-17)16-12-10-9-11-13-16/h9-13,17-19H,7-8,14-15H2,1-6H3. The van der Waals surface area contributed by atoms with Crippen molar-refractivity contribution in [3.63, 3.8) is 0 Å².